The fourth-order valence-electron chi connectivity index (χ4n) is 3.28. The first-order valence-electron chi connectivity index (χ1n) is 7.80. The van der Waals surface area contributed by atoms with Crippen LogP contribution in [0.5, 0.6) is 0 Å². The van der Waals surface area contributed by atoms with Crippen LogP contribution in [0.15, 0.2) is 30.3 Å². The van der Waals surface area contributed by atoms with Crippen molar-refractivity contribution in [1.29, 1.82) is 5.26 Å². The van der Waals surface area contributed by atoms with Gasteiger partial charge in [-0.05, 0) is 18.4 Å². The summed E-state index contributed by atoms with van der Waals surface area (Å²) >= 11 is 0. The minimum absolute atomic E-state index is 0.285. The van der Waals surface area contributed by atoms with E-state index in [9.17, 15) is 5.26 Å². The molecule has 0 bridgehead atoms. The Morgan fingerprint density at radius 3 is 2.36 bits per heavy atom. The molecule has 1 saturated heterocycles. The molecule has 2 aliphatic rings. The van der Waals surface area contributed by atoms with Crippen molar-refractivity contribution >= 4 is 0 Å². The molecule has 0 amide bonds. The smallest absolute Gasteiger partial charge is 0.168 e. The first-order valence-corrected chi connectivity index (χ1v) is 7.80. The van der Waals surface area contributed by atoms with Crippen molar-refractivity contribution in [2.45, 2.75) is 49.7 Å². The lowest BCUT2D eigenvalue weighted by molar-refractivity contribution is -0.194. The minimum atomic E-state index is -1.52. The number of hydrogen-bond donors (Lipinski definition) is 1. The van der Waals surface area contributed by atoms with E-state index in [0.29, 0.717) is 32.6 Å². The van der Waals surface area contributed by atoms with Gasteiger partial charge < -0.3 is 9.47 Å². The molecule has 5 heteroatoms. The lowest BCUT2D eigenvalue weighted by atomic mass is 9.78. The highest BCUT2D eigenvalue weighted by atomic mass is 19.1. The zero-order chi connectivity index (χ0) is 15.5. The van der Waals surface area contributed by atoms with Gasteiger partial charge in [0.05, 0.1) is 19.3 Å². The molecule has 1 aromatic rings. The molecular weight excluding hydrogens is 283 g/mol. The second-order valence-electron chi connectivity index (χ2n) is 6.07. The first kappa shape index (κ1) is 15.4. The molecule has 1 atom stereocenters. The van der Waals surface area contributed by atoms with Gasteiger partial charge >= 0.3 is 0 Å². The normalized spacial score (nSPS) is 24.0. The van der Waals surface area contributed by atoms with Crippen molar-refractivity contribution in [1.82, 2.24) is 5.32 Å². The predicted octanol–water partition coefficient (Wildman–Crippen LogP) is 2.69. The van der Waals surface area contributed by atoms with Crippen molar-refractivity contribution in [3.63, 3.8) is 0 Å². The summed E-state index contributed by atoms with van der Waals surface area (Å²) in [6.07, 6.45) is 1.59. The van der Waals surface area contributed by atoms with Crippen LogP contribution in [0.1, 0.15) is 31.2 Å². The molecule has 1 heterocycles. The third-order valence-corrected chi connectivity index (χ3v) is 4.66. The van der Waals surface area contributed by atoms with E-state index < -0.39 is 17.5 Å². The van der Waals surface area contributed by atoms with Gasteiger partial charge in [-0.2, -0.15) is 5.26 Å². The lowest BCUT2D eigenvalue weighted by Gasteiger charge is -2.41. The SMILES string of the molecule is N#CC(NCc1ccccc1)C1(F)CCC2(CC1)OCCO2. The van der Waals surface area contributed by atoms with Crippen molar-refractivity contribution in [2.24, 2.45) is 0 Å². The Kier molecular flexibility index (Phi) is 4.44. The number of alkyl halides is 1. The molecule has 0 aromatic heterocycles. The summed E-state index contributed by atoms with van der Waals surface area (Å²) in [5, 5.41) is 12.4. The molecule has 1 unspecified atom stereocenters. The Morgan fingerprint density at radius 1 is 1.14 bits per heavy atom. The van der Waals surface area contributed by atoms with Crippen LogP contribution in [0.2, 0.25) is 0 Å². The number of hydrogen-bond acceptors (Lipinski definition) is 4. The maximum Gasteiger partial charge on any atom is 0.168 e. The fraction of sp³-hybridized carbons (Fsp3) is 0.588. The van der Waals surface area contributed by atoms with Crippen molar-refractivity contribution in [3.8, 4) is 6.07 Å². The average molecular weight is 304 g/mol. The minimum Gasteiger partial charge on any atom is -0.348 e. The molecule has 2 fully saturated rings. The summed E-state index contributed by atoms with van der Waals surface area (Å²) in [6, 6.07) is 11.0. The van der Waals surface area contributed by atoms with Gasteiger partial charge in [-0.3, -0.25) is 5.32 Å². The van der Waals surface area contributed by atoms with E-state index in [1.807, 2.05) is 30.3 Å². The third-order valence-electron chi connectivity index (χ3n) is 4.66. The number of rotatable bonds is 4. The Morgan fingerprint density at radius 2 is 1.77 bits per heavy atom. The maximum atomic E-state index is 15.2. The van der Waals surface area contributed by atoms with E-state index in [1.54, 1.807) is 0 Å². The molecule has 1 aromatic carbocycles. The van der Waals surface area contributed by atoms with Crippen LogP contribution in [0.3, 0.4) is 0 Å². The Bertz CT molecular complexity index is 527. The number of benzene rings is 1. The van der Waals surface area contributed by atoms with Gasteiger partial charge in [-0.25, -0.2) is 4.39 Å². The number of nitrogens with one attached hydrogen (secondary N) is 1. The van der Waals surface area contributed by atoms with Gasteiger partial charge in [0.25, 0.3) is 0 Å². The van der Waals surface area contributed by atoms with Gasteiger partial charge in [-0.15, -0.1) is 0 Å². The average Bonchev–Trinajstić information content (AvgIpc) is 3.01. The van der Waals surface area contributed by atoms with E-state index in [2.05, 4.69) is 11.4 Å². The standard InChI is InChI=1S/C17H21FN2O2/c18-16(6-8-17(9-7-16)21-10-11-22-17)15(12-19)20-13-14-4-2-1-3-5-14/h1-5,15,20H,6-11,13H2. The molecule has 1 N–H and O–H groups in total. The molecule has 1 aliphatic heterocycles. The molecule has 3 rings (SSSR count). The van der Waals surface area contributed by atoms with E-state index in [0.717, 1.165) is 5.56 Å². The van der Waals surface area contributed by atoms with Crippen LogP contribution in [0.4, 0.5) is 4.39 Å². The number of nitrogens with zero attached hydrogens (tertiary/aromatic N) is 1. The summed E-state index contributed by atoms with van der Waals surface area (Å²) in [6.45, 7) is 1.64. The van der Waals surface area contributed by atoms with Crippen LogP contribution in [0.25, 0.3) is 0 Å². The Hall–Kier alpha value is -1.48. The van der Waals surface area contributed by atoms with Crippen LogP contribution in [-0.2, 0) is 16.0 Å². The summed E-state index contributed by atoms with van der Waals surface area (Å²) < 4.78 is 26.4. The van der Waals surface area contributed by atoms with Crippen LogP contribution >= 0.6 is 0 Å². The second kappa shape index (κ2) is 6.33. The largest absolute Gasteiger partial charge is 0.348 e. The summed E-state index contributed by atoms with van der Waals surface area (Å²) in [4.78, 5) is 0. The molecule has 4 nitrogen and oxygen atoms in total. The summed E-state index contributed by atoms with van der Waals surface area (Å²) in [7, 11) is 0. The third kappa shape index (κ3) is 3.14. The highest BCUT2D eigenvalue weighted by Crippen LogP contribution is 2.43. The van der Waals surface area contributed by atoms with Gasteiger partial charge in [0, 0.05) is 19.4 Å². The van der Waals surface area contributed by atoms with Crippen LogP contribution in [0, 0.1) is 11.3 Å². The molecule has 118 valence electrons. The lowest BCUT2D eigenvalue weighted by Crippen LogP contribution is -2.52. The molecule has 1 aliphatic carbocycles. The van der Waals surface area contributed by atoms with Gasteiger partial charge in [-0.1, -0.05) is 30.3 Å². The molecule has 22 heavy (non-hydrogen) atoms. The first-order chi connectivity index (χ1) is 10.7. The molecule has 1 spiro atoms. The highest BCUT2D eigenvalue weighted by molar-refractivity contribution is 5.16. The van der Waals surface area contributed by atoms with Gasteiger partial charge in [0.1, 0.15) is 11.7 Å². The van der Waals surface area contributed by atoms with E-state index >= 15 is 4.39 Å². The number of ether oxygens (including phenoxy) is 2. The fourth-order valence-corrected chi connectivity index (χ4v) is 3.28. The summed E-state index contributed by atoms with van der Waals surface area (Å²) in [5.74, 6) is -0.602. The Balaban J connectivity index is 1.60. The second-order valence-corrected chi connectivity index (χ2v) is 6.07. The molecule has 0 radical (unpaired) electrons. The predicted molar refractivity (Wildman–Crippen MR) is 79.6 cm³/mol. The van der Waals surface area contributed by atoms with Crippen LogP contribution < -0.4 is 5.32 Å². The maximum absolute atomic E-state index is 15.2. The molecule has 1 saturated carbocycles. The van der Waals surface area contributed by atoms with Gasteiger partial charge in [0.2, 0.25) is 0 Å². The van der Waals surface area contributed by atoms with Gasteiger partial charge in [0.15, 0.2) is 5.79 Å². The zero-order valence-electron chi connectivity index (χ0n) is 12.6. The quantitative estimate of drug-likeness (QED) is 0.929. The topological polar surface area (TPSA) is 54.3 Å². The van der Waals surface area contributed by atoms with Crippen molar-refractivity contribution < 1.29 is 13.9 Å². The monoisotopic (exact) mass is 304 g/mol. The van der Waals surface area contributed by atoms with Crippen molar-refractivity contribution in [2.75, 3.05) is 13.2 Å². The van der Waals surface area contributed by atoms with E-state index in [-0.39, 0.29) is 12.8 Å². The van der Waals surface area contributed by atoms with Crippen LogP contribution in [-0.4, -0.2) is 30.7 Å². The van der Waals surface area contributed by atoms with E-state index in [1.165, 1.54) is 0 Å². The zero-order valence-corrected chi connectivity index (χ0v) is 12.6. The summed E-state index contributed by atoms with van der Waals surface area (Å²) in [5.41, 5.74) is -0.481. The van der Waals surface area contributed by atoms with E-state index in [4.69, 9.17) is 9.47 Å². The Labute approximate surface area is 130 Å². The molecular formula is C17H21FN2O2. The van der Waals surface area contributed by atoms with Crippen molar-refractivity contribution in [3.05, 3.63) is 35.9 Å². The number of halogens is 1. The highest BCUT2D eigenvalue weighted by Gasteiger charge is 2.50. The number of nitriles is 1.